The minimum atomic E-state index is 1.16. The monoisotopic (exact) mass is 584 g/mol. The Balaban J connectivity index is 1.33. The third-order valence-corrected chi connectivity index (χ3v) is 9.69. The van der Waals surface area contributed by atoms with Crippen LogP contribution in [-0.4, -0.2) is 9.13 Å². The van der Waals surface area contributed by atoms with Gasteiger partial charge < -0.3 is 9.13 Å². The van der Waals surface area contributed by atoms with Crippen molar-refractivity contribution in [1.29, 1.82) is 0 Å². The molecule has 0 aliphatic heterocycles. The van der Waals surface area contributed by atoms with Gasteiger partial charge in [0.05, 0.1) is 22.1 Å². The van der Waals surface area contributed by atoms with Gasteiger partial charge in [-0.2, -0.15) is 0 Å². The van der Waals surface area contributed by atoms with E-state index in [9.17, 15) is 0 Å². The molecule has 10 aromatic rings. The Bertz CT molecular complexity index is 2770. The van der Waals surface area contributed by atoms with Crippen molar-refractivity contribution in [2.45, 2.75) is 0 Å². The van der Waals surface area contributed by atoms with Crippen molar-refractivity contribution in [3.05, 3.63) is 170 Å². The molecule has 214 valence electrons. The minimum Gasteiger partial charge on any atom is -0.309 e. The van der Waals surface area contributed by atoms with Crippen molar-refractivity contribution in [2.24, 2.45) is 0 Å². The molecule has 0 amide bonds. The van der Waals surface area contributed by atoms with Crippen LogP contribution >= 0.6 is 0 Å². The van der Waals surface area contributed by atoms with E-state index in [0.717, 1.165) is 5.69 Å². The molecule has 0 saturated carbocycles. The van der Waals surface area contributed by atoms with Crippen molar-refractivity contribution in [2.75, 3.05) is 0 Å². The van der Waals surface area contributed by atoms with Gasteiger partial charge in [0.15, 0.2) is 0 Å². The topological polar surface area (TPSA) is 9.86 Å². The van der Waals surface area contributed by atoms with Crippen LogP contribution in [-0.2, 0) is 0 Å². The number of hydrogen-bond donors (Lipinski definition) is 0. The second-order valence-corrected chi connectivity index (χ2v) is 12.1. The van der Waals surface area contributed by atoms with E-state index in [1.807, 2.05) is 0 Å². The summed E-state index contributed by atoms with van der Waals surface area (Å²) in [4.78, 5) is 0. The SMILES string of the molecule is c1ccc(-n2c3ccc4ccccc4c3c3c2ccc2c4ccccc4n(-c4ccc(-c5cccc6ccccc56)cc4)c23)cc1. The number of fused-ring (bicyclic) bond motifs is 10. The van der Waals surface area contributed by atoms with Crippen molar-refractivity contribution in [1.82, 2.24) is 9.13 Å². The van der Waals surface area contributed by atoms with Crippen LogP contribution in [0.25, 0.3) is 87.7 Å². The van der Waals surface area contributed by atoms with Crippen LogP contribution in [0.15, 0.2) is 170 Å². The number of nitrogens with zero attached hydrogens (tertiary/aromatic N) is 2. The molecule has 0 spiro atoms. The number of para-hydroxylation sites is 2. The lowest BCUT2D eigenvalue weighted by molar-refractivity contribution is 1.17. The lowest BCUT2D eigenvalue weighted by atomic mass is 9.98. The van der Waals surface area contributed by atoms with Crippen LogP contribution in [0, 0.1) is 0 Å². The molecular formula is C44H28N2. The highest BCUT2D eigenvalue weighted by Gasteiger charge is 2.22. The van der Waals surface area contributed by atoms with E-state index in [1.165, 1.54) is 82.0 Å². The highest BCUT2D eigenvalue weighted by Crippen LogP contribution is 2.44. The largest absolute Gasteiger partial charge is 0.309 e. The molecule has 2 heteroatoms. The first-order chi connectivity index (χ1) is 22.8. The Morgan fingerprint density at radius 3 is 1.74 bits per heavy atom. The number of aromatic nitrogens is 2. The summed E-state index contributed by atoms with van der Waals surface area (Å²) in [5, 5.41) is 10.2. The van der Waals surface area contributed by atoms with Gasteiger partial charge >= 0.3 is 0 Å². The van der Waals surface area contributed by atoms with Gasteiger partial charge in [-0.15, -0.1) is 0 Å². The predicted octanol–water partition coefficient (Wildman–Crippen LogP) is 11.9. The summed E-state index contributed by atoms with van der Waals surface area (Å²) >= 11 is 0. The minimum absolute atomic E-state index is 1.16. The Morgan fingerprint density at radius 1 is 0.304 bits per heavy atom. The third kappa shape index (κ3) is 3.53. The maximum atomic E-state index is 2.48. The summed E-state index contributed by atoms with van der Waals surface area (Å²) in [5.41, 5.74) is 9.68. The summed E-state index contributed by atoms with van der Waals surface area (Å²) < 4.78 is 4.92. The molecule has 0 N–H and O–H groups in total. The molecule has 0 radical (unpaired) electrons. The summed E-state index contributed by atoms with van der Waals surface area (Å²) in [7, 11) is 0. The van der Waals surface area contributed by atoms with Crippen LogP contribution in [0.1, 0.15) is 0 Å². The zero-order valence-corrected chi connectivity index (χ0v) is 25.1. The fourth-order valence-corrected chi connectivity index (χ4v) is 7.71. The number of hydrogen-bond acceptors (Lipinski definition) is 0. The molecule has 0 aliphatic carbocycles. The van der Waals surface area contributed by atoms with Crippen LogP contribution < -0.4 is 0 Å². The Morgan fingerprint density at radius 2 is 0.913 bits per heavy atom. The first-order valence-corrected chi connectivity index (χ1v) is 15.9. The maximum Gasteiger partial charge on any atom is 0.0641 e. The van der Waals surface area contributed by atoms with E-state index < -0.39 is 0 Å². The second-order valence-electron chi connectivity index (χ2n) is 12.1. The second kappa shape index (κ2) is 9.69. The highest BCUT2D eigenvalue weighted by molar-refractivity contribution is 6.31. The van der Waals surface area contributed by atoms with Gasteiger partial charge in [-0.3, -0.25) is 0 Å². The molecule has 2 aromatic heterocycles. The van der Waals surface area contributed by atoms with Gasteiger partial charge in [0.1, 0.15) is 0 Å². The molecule has 0 saturated heterocycles. The fourth-order valence-electron chi connectivity index (χ4n) is 7.71. The van der Waals surface area contributed by atoms with Crippen LogP contribution in [0.5, 0.6) is 0 Å². The van der Waals surface area contributed by atoms with Gasteiger partial charge in [-0.25, -0.2) is 0 Å². The van der Waals surface area contributed by atoms with E-state index in [4.69, 9.17) is 0 Å². The van der Waals surface area contributed by atoms with Crippen molar-refractivity contribution in [3.63, 3.8) is 0 Å². The van der Waals surface area contributed by atoms with E-state index in [-0.39, 0.29) is 0 Å². The average Bonchev–Trinajstić information content (AvgIpc) is 3.65. The number of benzene rings is 8. The van der Waals surface area contributed by atoms with Gasteiger partial charge in [0.2, 0.25) is 0 Å². The first kappa shape index (κ1) is 25.2. The van der Waals surface area contributed by atoms with Gasteiger partial charge in [-0.05, 0) is 75.1 Å². The van der Waals surface area contributed by atoms with Gasteiger partial charge in [0, 0.05) is 32.9 Å². The van der Waals surface area contributed by atoms with Crippen LogP contribution in [0.2, 0.25) is 0 Å². The summed E-state index contributed by atoms with van der Waals surface area (Å²) in [5.74, 6) is 0. The molecule has 2 heterocycles. The fraction of sp³-hybridized carbons (Fsp3) is 0. The molecule has 10 rings (SSSR count). The summed E-state index contributed by atoms with van der Waals surface area (Å²) in [6.07, 6.45) is 0. The van der Waals surface area contributed by atoms with E-state index in [2.05, 4.69) is 179 Å². The molecule has 2 nitrogen and oxygen atoms in total. The number of rotatable bonds is 3. The van der Waals surface area contributed by atoms with Crippen LogP contribution in [0.3, 0.4) is 0 Å². The first-order valence-electron chi connectivity index (χ1n) is 15.9. The molecule has 0 bridgehead atoms. The van der Waals surface area contributed by atoms with Crippen molar-refractivity contribution in [3.8, 4) is 22.5 Å². The molecule has 8 aromatic carbocycles. The van der Waals surface area contributed by atoms with Gasteiger partial charge in [-0.1, -0.05) is 127 Å². The normalized spacial score (nSPS) is 11.9. The molecular weight excluding hydrogens is 556 g/mol. The Hall–Kier alpha value is -6.12. The molecule has 0 unspecified atom stereocenters. The molecule has 0 aliphatic rings. The molecule has 0 fully saturated rings. The van der Waals surface area contributed by atoms with Crippen molar-refractivity contribution < 1.29 is 0 Å². The highest BCUT2D eigenvalue weighted by atomic mass is 15.0. The average molecular weight is 585 g/mol. The Labute approximate surface area is 266 Å². The smallest absolute Gasteiger partial charge is 0.0641 e. The molecule has 0 atom stereocenters. The summed E-state index contributed by atoms with van der Waals surface area (Å²) in [6, 6.07) is 61.9. The van der Waals surface area contributed by atoms with E-state index in [0.29, 0.717) is 0 Å². The predicted molar refractivity (Wildman–Crippen MR) is 196 cm³/mol. The quantitative estimate of drug-likeness (QED) is 0.195. The van der Waals surface area contributed by atoms with E-state index in [1.54, 1.807) is 0 Å². The zero-order chi connectivity index (χ0) is 30.2. The lowest BCUT2D eigenvalue weighted by Gasteiger charge is -2.12. The Kier molecular flexibility index (Phi) is 5.31. The molecule has 46 heavy (non-hydrogen) atoms. The maximum absolute atomic E-state index is 2.48. The standard InChI is InChI=1S/C44H28N2/c1-2-14-32(15-3-1)45-40-27-23-30-12-5-7-17-36(30)42(40)43-41(45)28-26-38-37-18-8-9-20-39(37)46(44(38)43)33-24-21-31(22-25-33)35-19-10-13-29-11-4-6-16-34(29)35/h1-28H. The lowest BCUT2D eigenvalue weighted by Crippen LogP contribution is -1.95. The van der Waals surface area contributed by atoms with Crippen LogP contribution in [0.4, 0.5) is 0 Å². The van der Waals surface area contributed by atoms with Gasteiger partial charge in [0.25, 0.3) is 0 Å². The summed E-state index contributed by atoms with van der Waals surface area (Å²) in [6.45, 7) is 0. The zero-order valence-electron chi connectivity index (χ0n) is 25.1. The third-order valence-electron chi connectivity index (χ3n) is 9.69. The van der Waals surface area contributed by atoms with E-state index >= 15 is 0 Å². The van der Waals surface area contributed by atoms with Crippen molar-refractivity contribution >= 4 is 65.2 Å².